The number of carbonyl (C=O) groups excluding carboxylic acids is 4. The molecule has 2 aromatic carbocycles. The van der Waals surface area contributed by atoms with E-state index in [4.69, 9.17) is 26.4 Å². The van der Waals surface area contributed by atoms with E-state index in [9.17, 15) is 19.2 Å². The minimum atomic E-state index is -0.668. The molecule has 0 saturated carbocycles. The molecule has 0 saturated heterocycles. The Labute approximate surface area is 237 Å². The van der Waals surface area contributed by atoms with Gasteiger partial charge in [-0.05, 0) is 30.7 Å². The van der Waals surface area contributed by atoms with Crippen molar-refractivity contribution in [2.24, 2.45) is 5.92 Å². The number of thiocarbonyl (C=S) groups is 1. The SMILES string of the molecule is COC(=O)C(c1ccccc1)C(CC(CSC(=S)SC)C(=O)OCCOC(=O)CC(C)=O)c1ccccc1. The van der Waals surface area contributed by atoms with Crippen molar-refractivity contribution in [1.82, 2.24) is 0 Å². The second-order valence-corrected chi connectivity index (χ2v) is 11.4. The Morgan fingerprint density at radius 3 is 2.00 bits per heavy atom. The number of hydrogen-bond acceptors (Lipinski definition) is 10. The van der Waals surface area contributed by atoms with Crippen LogP contribution in [-0.2, 0) is 33.4 Å². The van der Waals surface area contributed by atoms with E-state index in [0.29, 0.717) is 15.7 Å². The molecule has 0 aliphatic carbocycles. The number of methoxy groups -OCH3 is 1. The molecule has 2 rings (SSSR count). The predicted molar refractivity (Wildman–Crippen MR) is 154 cm³/mol. The molecule has 0 N–H and O–H groups in total. The minimum Gasteiger partial charge on any atom is -0.469 e. The van der Waals surface area contributed by atoms with Crippen LogP contribution in [-0.4, -0.2) is 59.6 Å². The van der Waals surface area contributed by atoms with Crippen molar-refractivity contribution < 1.29 is 33.4 Å². The third kappa shape index (κ3) is 10.6. The number of ether oxygens (including phenoxy) is 3. The maximum Gasteiger partial charge on any atom is 0.313 e. The summed E-state index contributed by atoms with van der Waals surface area (Å²) >= 11 is 8.13. The molecule has 0 bridgehead atoms. The largest absolute Gasteiger partial charge is 0.469 e. The summed E-state index contributed by atoms with van der Waals surface area (Å²) in [5.74, 6) is -3.15. The first-order chi connectivity index (χ1) is 18.3. The summed E-state index contributed by atoms with van der Waals surface area (Å²) in [5, 5.41) is 0. The second-order valence-electron chi connectivity index (χ2n) is 8.39. The molecule has 0 aliphatic heterocycles. The number of ketones is 1. The van der Waals surface area contributed by atoms with Gasteiger partial charge in [-0.1, -0.05) is 72.9 Å². The number of Topliss-reactive ketones (excluding diaryl/α,β-unsaturated/α-hetero) is 1. The quantitative estimate of drug-likeness (QED) is 0.0984. The van der Waals surface area contributed by atoms with Crippen molar-refractivity contribution in [1.29, 1.82) is 0 Å². The standard InChI is InChI=1S/C28H32O7S3/c1-19(29)16-24(30)34-14-15-35-26(31)22(18-38-28(36)37-3)17-23(20-10-6-4-7-11-20)25(27(32)33-2)21-12-8-5-9-13-21/h4-13,22-23,25H,14-18H2,1-3H3. The Balaban J connectivity index is 2.30. The van der Waals surface area contributed by atoms with Crippen molar-refractivity contribution in [3.63, 3.8) is 0 Å². The van der Waals surface area contributed by atoms with Gasteiger partial charge in [-0.15, -0.1) is 23.5 Å². The van der Waals surface area contributed by atoms with Crippen LogP contribution in [0.3, 0.4) is 0 Å². The number of benzene rings is 2. The van der Waals surface area contributed by atoms with E-state index in [1.807, 2.05) is 66.9 Å². The molecular formula is C28H32O7S3. The number of hydrogen-bond donors (Lipinski definition) is 0. The highest BCUT2D eigenvalue weighted by Crippen LogP contribution is 2.40. The van der Waals surface area contributed by atoms with Gasteiger partial charge in [0.05, 0.1) is 18.9 Å². The van der Waals surface area contributed by atoms with Crippen molar-refractivity contribution in [2.45, 2.75) is 31.6 Å². The smallest absolute Gasteiger partial charge is 0.313 e. The van der Waals surface area contributed by atoms with Crippen LogP contribution in [0.2, 0.25) is 0 Å². The van der Waals surface area contributed by atoms with E-state index in [1.54, 1.807) is 0 Å². The molecule has 204 valence electrons. The molecule has 0 aliphatic rings. The molecule has 0 radical (unpaired) electrons. The van der Waals surface area contributed by atoms with Gasteiger partial charge in [0.2, 0.25) is 0 Å². The Morgan fingerprint density at radius 1 is 0.868 bits per heavy atom. The summed E-state index contributed by atoms with van der Waals surface area (Å²) in [6, 6.07) is 18.9. The normalized spacial score (nSPS) is 13.0. The fourth-order valence-corrected chi connectivity index (χ4v) is 5.41. The third-order valence-electron chi connectivity index (χ3n) is 5.67. The summed E-state index contributed by atoms with van der Waals surface area (Å²) in [5.41, 5.74) is 1.67. The van der Waals surface area contributed by atoms with Crippen molar-refractivity contribution in [2.75, 3.05) is 32.3 Å². The van der Waals surface area contributed by atoms with Crippen molar-refractivity contribution in [3.05, 3.63) is 71.8 Å². The van der Waals surface area contributed by atoms with Crippen LogP contribution in [0.4, 0.5) is 0 Å². The fraction of sp³-hybridized carbons (Fsp3) is 0.393. The Hall–Kier alpha value is -2.69. The van der Waals surface area contributed by atoms with Crippen molar-refractivity contribution in [3.8, 4) is 0 Å². The monoisotopic (exact) mass is 576 g/mol. The number of carbonyl (C=O) groups is 4. The molecular weight excluding hydrogens is 545 g/mol. The molecule has 0 fully saturated rings. The zero-order valence-electron chi connectivity index (χ0n) is 21.6. The highest BCUT2D eigenvalue weighted by molar-refractivity contribution is 8.47. The first-order valence-corrected chi connectivity index (χ1v) is 14.6. The Morgan fingerprint density at radius 2 is 1.45 bits per heavy atom. The van der Waals surface area contributed by atoms with Gasteiger partial charge in [0.1, 0.15) is 28.9 Å². The van der Waals surface area contributed by atoms with Crippen LogP contribution < -0.4 is 0 Å². The summed E-state index contributed by atoms with van der Waals surface area (Å²) in [6.45, 7) is 0.992. The van der Waals surface area contributed by atoms with E-state index in [-0.39, 0.29) is 31.3 Å². The molecule has 10 heteroatoms. The highest BCUT2D eigenvalue weighted by Gasteiger charge is 2.36. The number of rotatable bonds is 14. The average Bonchev–Trinajstić information content (AvgIpc) is 2.92. The van der Waals surface area contributed by atoms with Crippen LogP contribution in [0.5, 0.6) is 0 Å². The first kappa shape index (κ1) is 31.5. The molecule has 3 atom stereocenters. The Bertz CT molecular complexity index is 1080. The minimum absolute atomic E-state index is 0.147. The van der Waals surface area contributed by atoms with E-state index in [1.165, 1.54) is 37.6 Å². The van der Waals surface area contributed by atoms with Crippen molar-refractivity contribution >= 4 is 63.0 Å². The lowest BCUT2D eigenvalue weighted by Crippen LogP contribution is -2.29. The number of thioether (sulfide) groups is 2. The van der Waals surface area contributed by atoms with Gasteiger partial charge in [-0.2, -0.15) is 0 Å². The van der Waals surface area contributed by atoms with Crippen LogP contribution >= 0.6 is 35.7 Å². The van der Waals surface area contributed by atoms with E-state index >= 15 is 0 Å². The lowest BCUT2D eigenvalue weighted by atomic mass is 9.76. The number of esters is 3. The van der Waals surface area contributed by atoms with Gasteiger partial charge >= 0.3 is 17.9 Å². The molecule has 0 heterocycles. The van der Waals surface area contributed by atoms with Gasteiger partial charge in [0, 0.05) is 11.7 Å². The molecule has 0 spiro atoms. The summed E-state index contributed by atoms with van der Waals surface area (Å²) in [6.07, 6.45) is 1.84. The second kappa shape index (κ2) is 17.0. The average molecular weight is 577 g/mol. The first-order valence-electron chi connectivity index (χ1n) is 12.0. The van der Waals surface area contributed by atoms with Gasteiger partial charge in [0.25, 0.3) is 0 Å². The lowest BCUT2D eigenvalue weighted by molar-refractivity contribution is -0.155. The van der Waals surface area contributed by atoms with E-state index < -0.39 is 29.7 Å². The molecule has 38 heavy (non-hydrogen) atoms. The molecule has 7 nitrogen and oxygen atoms in total. The lowest BCUT2D eigenvalue weighted by Gasteiger charge is -2.29. The maximum absolute atomic E-state index is 13.2. The summed E-state index contributed by atoms with van der Waals surface area (Å²) < 4.78 is 16.3. The zero-order valence-corrected chi connectivity index (χ0v) is 24.1. The van der Waals surface area contributed by atoms with Crippen LogP contribution in [0.25, 0.3) is 0 Å². The van der Waals surface area contributed by atoms with E-state index in [0.717, 1.165) is 11.1 Å². The van der Waals surface area contributed by atoms with E-state index in [2.05, 4.69) is 0 Å². The molecule has 3 unspecified atom stereocenters. The van der Waals surface area contributed by atoms with Gasteiger partial charge in [-0.3, -0.25) is 19.2 Å². The summed E-state index contributed by atoms with van der Waals surface area (Å²) in [7, 11) is 1.35. The molecule has 0 amide bonds. The third-order valence-corrected chi connectivity index (χ3v) is 8.51. The molecule has 0 aromatic heterocycles. The van der Waals surface area contributed by atoms with Gasteiger partial charge in [-0.25, -0.2) is 0 Å². The van der Waals surface area contributed by atoms with Crippen LogP contribution in [0, 0.1) is 5.92 Å². The topological polar surface area (TPSA) is 96.0 Å². The molecule has 2 aromatic rings. The van der Waals surface area contributed by atoms with Gasteiger partial charge in [0.15, 0.2) is 0 Å². The van der Waals surface area contributed by atoms with Gasteiger partial charge < -0.3 is 14.2 Å². The fourth-order valence-electron chi connectivity index (χ4n) is 3.92. The van der Waals surface area contributed by atoms with Crippen LogP contribution in [0.1, 0.15) is 42.7 Å². The summed E-state index contributed by atoms with van der Waals surface area (Å²) in [4.78, 5) is 49.0. The predicted octanol–water partition coefficient (Wildman–Crippen LogP) is 5.18. The van der Waals surface area contributed by atoms with Crippen LogP contribution in [0.15, 0.2) is 60.7 Å². The zero-order chi connectivity index (χ0) is 27.9. The highest BCUT2D eigenvalue weighted by atomic mass is 32.2. The Kier molecular flexibility index (Phi) is 14.1. The maximum atomic E-state index is 13.2.